The lowest BCUT2D eigenvalue weighted by Crippen LogP contribution is -2.51. The Kier molecular flexibility index (Phi) is 3.85. The van der Waals surface area contributed by atoms with Gasteiger partial charge in [0.1, 0.15) is 0 Å². The van der Waals surface area contributed by atoms with Crippen LogP contribution in [0.15, 0.2) is 0 Å². The van der Waals surface area contributed by atoms with Gasteiger partial charge in [-0.3, -0.25) is 9.59 Å². The summed E-state index contributed by atoms with van der Waals surface area (Å²) in [5.41, 5.74) is -0.475. The van der Waals surface area contributed by atoms with E-state index in [0.29, 0.717) is 12.8 Å². The van der Waals surface area contributed by atoms with E-state index >= 15 is 0 Å². The SMILES string of the molecule is CC(C)(C)C(=O)NCC(=O)N1C2CCC1CC(O)C2. The first-order valence-electron chi connectivity index (χ1n) is 7.06. The summed E-state index contributed by atoms with van der Waals surface area (Å²) in [5.74, 6) is -0.123. The zero-order valence-corrected chi connectivity index (χ0v) is 12.0. The molecule has 0 aromatic carbocycles. The van der Waals surface area contributed by atoms with E-state index in [1.54, 1.807) is 0 Å². The number of carbonyl (C=O) groups excluding carboxylic acids is 2. The predicted octanol–water partition coefficient (Wildman–Crippen LogP) is 0.663. The quantitative estimate of drug-likeness (QED) is 0.773. The number of hydrogen-bond acceptors (Lipinski definition) is 3. The average Bonchev–Trinajstić information content (AvgIpc) is 2.57. The van der Waals surface area contributed by atoms with Crippen molar-refractivity contribution in [3.63, 3.8) is 0 Å². The van der Waals surface area contributed by atoms with Gasteiger partial charge in [0.25, 0.3) is 0 Å². The molecule has 2 bridgehead atoms. The van der Waals surface area contributed by atoms with Crippen molar-refractivity contribution in [2.75, 3.05) is 6.54 Å². The van der Waals surface area contributed by atoms with Crippen molar-refractivity contribution in [3.05, 3.63) is 0 Å². The first-order valence-corrected chi connectivity index (χ1v) is 7.06. The summed E-state index contributed by atoms with van der Waals surface area (Å²) in [7, 11) is 0. The first kappa shape index (κ1) is 14.3. The summed E-state index contributed by atoms with van der Waals surface area (Å²) in [4.78, 5) is 25.9. The van der Waals surface area contributed by atoms with Gasteiger partial charge in [0.05, 0.1) is 12.6 Å². The Bertz CT molecular complexity index is 361. The molecular weight excluding hydrogens is 244 g/mol. The molecule has 0 aliphatic carbocycles. The molecule has 2 aliphatic rings. The second-order valence-corrected chi connectivity index (χ2v) is 6.74. The van der Waals surface area contributed by atoms with Gasteiger partial charge in [0.2, 0.25) is 11.8 Å². The van der Waals surface area contributed by atoms with Crippen LogP contribution in [0, 0.1) is 5.41 Å². The third-order valence-electron chi connectivity index (χ3n) is 4.08. The summed E-state index contributed by atoms with van der Waals surface area (Å²) in [6.07, 6.45) is 3.03. The smallest absolute Gasteiger partial charge is 0.242 e. The third-order valence-corrected chi connectivity index (χ3v) is 4.08. The van der Waals surface area contributed by atoms with Gasteiger partial charge < -0.3 is 15.3 Å². The molecule has 0 aromatic rings. The molecule has 108 valence electrons. The van der Waals surface area contributed by atoms with Crippen LogP contribution in [0.25, 0.3) is 0 Å². The van der Waals surface area contributed by atoms with Gasteiger partial charge in [-0.2, -0.15) is 0 Å². The lowest BCUT2D eigenvalue weighted by Gasteiger charge is -2.37. The maximum Gasteiger partial charge on any atom is 0.242 e. The normalized spacial score (nSPS) is 30.3. The molecule has 19 heavy (non-hydrogen) atoms. The van der Waals surface area contributed by atoms with E-state index < -0.39 is 5.41 Å². The summed E-state index contributed by atoms with van der Waals surface area (Å²) in [6, 6.07) is 0.320. The van der Waals surface area contributed by atoms with Gasteiger partial charge in [0.15, 0.2) is 0 Å². The van der Waals surface area contributed by atoms with Crippen LogP contribution in [0.1, 0.15) is 46.5 Å². The number of aliphatic hydroxyl groups is 1. The van der Waals surface area contributed by atoms with Crippen LogP contribution in [-0.4, -0.2) is 46.6 Å². The molecule has 5 heteroatoms. The van der Waals surface area contributed by atoms with Crippen molar-refractivity contribution in [2.45, 2.75) is 64.6 Å². The molecule has 2 rings (SSSR count). The number of carbonyl (C=O) groups is 2. The minimum absolute atomic E-state index is 0.0167. The fourth-order valence-corrected chi connectivity index (χ4v) is 3.07. The maximum absolute atomic E-state index is 12.2. The van der Waals surface area contributed by atoms with E-state index in [1.165, 1.54) is 0 Å². The molecule has 0 aromatic heterocycles. The van der Waals surface area contributed by atoms with Crippen molar-refractivity contribution in [3.8, 4) is 0 Å². The van der Waals surface area contributed by atoms with Gasteiger partial charge >= 0.3 is 0 Å². The minimum Gasteiger partial charge on any atom is -0.393 e. The van der Waals surface area contributed by atoms with Crippen LogP contribution < -0.4 is 5.32 Å². The Morgan fingerprint density at radius 2 is 1.74 bits per heavy atom. The second-order valence-electron chi connectivity index (χ2n) is 6.74. The van der Waals surface area contributed by atoms with Gasteiger partial charge in [-0.1, -0.05) is 20.8 Å². The molecule has 2 N–H and O–H groups in total. The predicted molar refractivity (Wildman–Crippen MR) is 71.4 cm³/mol. The summed E-state index contributed by atoms with van der Waals surface area (Å²) in [5, 5.41) is 12.4. The van der Waals surface area contributed by atoms with E-state index in [1.807, 2.05) is 25.7 Å². The van der Waals surface area contributed by atoms with Crippen LogP contribution in [0.3, 0.4) is 0 Å². The fraction of sp³-hybridized carbons (Fsp3) is 0.857. The highest BCUT2D eigenvalue weighted by atomic mass is 16.3. The number of amides is 2. The van der Waals surface area contributed by atoms with Gasteiger partial charge in [-0.15, -0.1) is 0 Å². The van der Waals surface area contributed by atoms with E-state index in [4.69, 9.17) is 0 Å². The number of rotatable bonds is 2. The summed E-state index contributed by atoms with van der Waals surface area (Å²) in [6.45, 7) is 5.55. The van der Waals surface area contributed by atoms with Crippen LogP contribution in [0.5, 0.6) is 0 Å². The Hall–Kier alpha value is -1.10. The number of nitrogens with zero attached hydrogens (tertiary/aromatic N) is 1. The van der Waals surface area contributed by atoms with E-state index in [2.05, 4.69) is 5.32 Å². The molecule has 2 heterocycles. The van der Waals surface area contributed by atoms with E-state index in [9.17, 15) is 14.7 Å². The molecule has 2 unspecified atom stereocenters. The maximum atomic E-state index is 12.2. The topological polar surface area (TPSA) is 69.6 Å². The Balaban J connectivity index is 1.89. The van der Waals surface area contributed by atoms with Crippen molar-refractivity contribution >= 4 is 11.8 Å². The van der Waals surface area contributed by atoms with Gasteiger partial charge in [-0.25, -0.2) is 0 Å². The monoisotopic (exact) mass is 268 g/mol. The number of hydrogen-bond donors (Lipinski definition) is 2. The standard InChI is InChI=1S/C14H24N2O3/c1-14(2,3)13(19)15-8-12(18)16-9-4-5-10(16)7-11(17)6-9/h9-11,17H,4-8H2,1-3H3,(H,15,19). The fourth-order valence-electron chi connectivity index (χ4n) is 3.07. The third kappa shape index (κ3) is 3.08. The Morgan fingerprint density at radius 3 is 2.21 bits per heavy atom. The van der Waals surface area contributed by atoms with Crippen LogP contribution in [0.2, 0.25) is 0 Å². The van der Waals surface area contributed by atoms with Gasteiger partial charge in [0, 0.05) is 17.5 Å². The first-order chi connectivity index (χ1) is 8.79. The molecular formula is C14H24N2O3. The van der Waals surface area contributed by atoms with Crippen molar-refractivity contribution in [1.82, 2.24) is 10.2 Å². The van der Waals surface area contributed by atoms with E-state index in [-0.39, 0.29) is 36.5 Å². The molecule has 5 nitrogen and oxygen atoms in total. The van der Waals surface area contributed by atoms with Crippen LogP contribution >= 0.6 is 0 Å². The number of aliphatic hydroxyl groups excluding tert-OH is 1. The molecule has 2 amide bonds. The highest BCUT2D eigenvalue weighted by Gasteiger charge is 2.42. The Labute approximate surface area is 114 Å². The van der Waals surface area contributed by atoms with Crippen molar-refractivity contribution in [1.29, 1.82) is 0 Å². The lowest BCUT2D eigenvalue weighted by molar-refractivity contribution is -0.139. The second kappa shape index (κ2) is 5.12. The largest absolute Gasteiger partial charge is 0.393 e. The zero-order valence-electron chi connectivity index (χ0n) is 12.0. The summed E-state index contributed by atoms with van der Waals surface area (Å²) < 4.78 is 0. The molecule has 2 atom stereocenters. The average molecular weight is 268 g/mol. The van der Waals surface area contributed by atoms with E-state index in [0.717, 1.165) is 12.8 Å². The zero-order chi connectivity index (χ0) is 14.2. The number of piperidine rings is 1. The molecule has 0 spiro atoms. The van der Waals surface area contributed by atoms with Crippen molar-refractivity contribution < 1.29 is 14.7 Å². The van der Waals surface area contributed by atoms with Crippen molar-refractivity contribution in [2.24, 2.45) is 5.41 Å². The summed E-state index contributed by atoms with van der Waals surface area (Å²) >= 11 is 0. The number of nitrogens with one attached hydrogen (secondary N) is 1. The van der Waals surface area contributed by atoms with Gasteiger partial charge in [-0.05, 0) is 25.7 Å². The molecule has 2 fully saturated rings. The molecule has 2 saturated heterocycles. The molecule has 2 aliphatic heterocycles. The minimum atomic E-state index is -0.475. The molecule has 0 radical (unpaired) electrons. The lowest BCUT2D eigenvalue weighted by atomic mass is 9.95. The number of fused-ring (bicyclic) bond motifs is 2. The highest BCUT2D eigenvalue weighted by Crippen LogP contribution is 2.35. The van der Waals surface area contributed by atoms with Crippen LogP contribution in [0.4, 0.5) is 0 Å². The highest BCUT2D eigenvalue weighted by molar-refractivity contribution is 5.87. The molecule has 0 saturated carbocycles. The Morgan fingerprint density at radius 1 is 1.21 bits per heavy atom. The van der Waals surface area contributed by atoms with Crippen LogP contribution in [-0.2, 0) is 9.59 Å².